The molecular weight excluding hydrogens is 256 g/mol. The summed E-state index contributed by atoms with van der Waals surface area (Å²) in [6.07, 6.45) is 2.35. The van der Waals surface area contributed by atoms with E-state index < -0.39 is 5.60 Å². The maximum atomic E-state index is 12.2. The predicted molar refractivity (Wildman–Crippen MR) is 75.8 cm³/mol. The van der Waals surface area contributed by atoms with Crippen LogP contribution < -0.4 is 4.74 Å². The topological polar surface area (TPSA) is 51.7 Å². The Morgan fingerprint density at radius 3 is 2.75 bits per heavy atom. The Bertz CT molecular complexity index is 508. The van der Waals surface area contributed by atoms with Gasteiger partial charge in [0.1, 0.15) is 5.60 Å². The number of rotatable bonds is 1. The Kier molecular flexibility index (Phi) is 3.88. The molecule has 1 aromatic heterocycles. The molecule has 0 N–H and O–H groups in total. The lowest BCUT2D eigenvalue weighted by Gasteiger charge is -2.36. The number of carbonyl (C=O) groups excluding carboxylic acids is 1. The van der Waals surface area contributed by atoms with Crippen LogP contribution in [-0.4, -0.2) is 35.2 Å². The highest BCUT2D eigenvalue weighted by atomic mass is 16.6. The quantitative estimate of drug-likeness (QED) is 0.792. The Balaban J connectivity index is 2.22. The molecule has 1 aromatic rings. The number of hydrogen-bond acceptors (Lipinski definition) is 4. The first kappa shape index (κ1) is 14.6. The number of hydrogen-bond donors (Lipinski definition) is 0. The van der Waals surface area contributed by atoms with Gasteiger partial charge in [-0.25, -0.2) is 9.78 Å². The third-order valence-corrected chi connectivity index (χ3v) is 3.37. The number of amides is 1. The predicted octanol–water partition coefficient (Wildman–Crippen LogP) is 2.94. The summed E-state index contributed by atoms with van der Waals surface area (Å²) in [5, 5.41) is 0. The van der Waals surface area contributed by atoms with E-state index in [2.05, 4.69) is 4.98 Å². The summed E-state index contributed by atoms with van der Waals surface area (Å²) in [5.41, 5.74) is 1.76. The number of ether oxygens (including phenoxy) is 2. The van der Waals surface area contributed by atoms with Crippen molar-refractivity contribution in [3.05, 3.63) is 23.4 Å². The monoisotopic (exact) mass is 278 g/mol. The minimum Gasteiger partial charge on any atom is -0.481 e. The lowest BCUT2D eigenvalue weighted by molar-refractivity contribution is 0.0159. The maximum Gasteiger partial charge on any atom is 0.410 e. The number of nitrogens with zero attached hydrogens (tertiary/aromatic N) is 2. The largest absolute Gasteiger partial charge is 0.481 e. The van der Waals surface area contributed by atoms with E-state index in [1.807, 2.05) is 40.0 Å². The minimum absolute atomic E-state index is 0.0366. The third-order valence-electron chi connectivity index (χ3n) is 3.37. The van der Waals surface area contributed by atoms with Gasteiger partial charge in [0.05, 0.1) is 13.2 Å². The van der Waals surface area contributed by atoms with E-state index in [1.165, 1.54) is 0 Å². The molecule has 1 unspecified atom stereocenters. The number of aromatic nitrogens is 1. The summed E-state index contributed by atoms with van der Waals surface area (Å²) in [6, 6.07) is 1.86. The molecule has 2 rings (SSSR count). The molecule has 5 heteroatoms. The van der Waals surface area contributed by atoms with E-state index in [9.17, 15) is 4.79 Å². The van der Waals surface area contributed by atoms with Crippen LogP contribution in [-0.2, 0) is 11.2 Å². The highest BCUT2D eigenvalue weighted by molar-refractivity contribution is 5.69. The summed E-state index contributed by atoms with van der Waals surface area (Å²) in [4.78, 5) is 18.2. The van der Waals surface area contributed by atoms with Crippen molar-refractivity contribution in [2.75, 3.05) is 13.7 Å². The van der Waals surface area contributed by atoms with Gasteiger partial charge in [-0.15, -0.1) is 0 Å². The van der Waals surface area contributed by atoms with Crippen molar-refractivity contribution in [3.8, 4) is 5.88 Å². The van der Waals surface area contributed by atoms with Gasteiger partial charge in [-0.05, 0) is 45.2 Å². The van der Waals surface area contributed by atoms with Crippen LogP contribution in [0.3, 0.4) is 0 Å². The van der Waals surface area contributed by atoms with E-state index >= 15 is 0 Å². The summed E-state index contributed by atoms with van der Waals surface area (Å²) in [5.74, 6) is 0.571. The first-order valence-electron chi connectivity index (χ1n) is 6.84. The van der Waals surface area contributed by atoms with Crippen molar-refractivity contribution in [1.29, 1.82) is 0 Å². The molecule has 110 valence electrons. The second-order valence-electron chi connectivity index (χ2n) is 6.03. The zero-order valence-electron chi connectivity index (χ0n) is 12.8. The Labute approximate surface area is 119 Å². The van der Waals surface area contributed by atoms with Crippen LogP contribution in [0.2, 0.25) is 0 Å². The molecule has 0 spiro atoms. The molecule has 5 nitrogen and oxygen atoms in total. The molecule has 1 amide bonds. The van der Waals surface area contributed by atoms with Gasteiger partial charge in [0, 0.05) is 18.8 Å². The van der Waals surface area contributed by atoms with E-state index in [4.69, 9.17) is 9.47 Å². The molecule has 1 aliphatic rings. The van der Waals surface area contributed by atoms with Crippen molar-refractivity contribution in [3.63, 3.8) is 0 Å². The molecule has 1 aliphatic heterocycles. The van der Waals surface area contributed by atoms with Crippen molar-refractivity contribution in [2.24, 2.45) is 0 Å². The highest BCUT2D eigenvalue weighted by Crippen LogP contribution is 2.31. The lowest BCUT2D eigenvalue weighted by atomic mass is 9.96. The number of pyridine rings is 1. The summed E-state index contributed by atoms with van der Waals surface area (Å²) >= 11 is 0. The van der Waals surface area contributed by atoms with Crippen LogP contribution in [0.1, 0.15) is 44.9 Å². The standard InChI is InChI=1S/C15H22N2O3/c1-10-12-8-13(19-5)16-9-11(12)6-7-17(10)14(18)20-15(2,3)4/h8-10H,6-7H2,1-5H3. The molecule has 0 aliphatic carbocycles. The molecule has 0 bridgehead atoms. The normalized spacial score (nSPS) is 18.4. The average Bonchev–Trinajstić information content (AvgIpc) is 2.36. The Morgan fingerprint density at radius 2 is 2.15 bits per heavy atom. The van der Waals surface area contributed by atoms with Gasteiger partial charge in [-0.3, -0.25) is 0 Å². The van der Waals surface area contributed by atoms with Gasteiger partial charge >= 0.3 is 6.09 Å². The zero-order chi connectivity index (χ0) is 14.9. The van der Waals surface area contributed by atoms with Crippen molar-refractivity contribution in [1.82, 2.24) is 9.88 Å². The lowest BCUT2D eigenvalue weighted by Crippen LogP contribution is -2.42. The third kappa shape index (κ3) is 3.03. The van der Waals surface area contributed by atoms with Crippen LogP contribution in [0, 0.1) is 0 Å². The van der Waals surface area contributed by atoms with Crippen molar-refractivity contribution in [2.45, 2.75) is 45.8 Å². The molecule has 20 heavy (non-hydrogen) atoms. The van der Waals surface area contributed by atoms with E-state index in [0.717, 1.165) is 17.5 Å². The summed E-state index contributed by atoms with van der Waals surface area (Å²) in [7, 11) is 1.59. The molecule has 0 radical (unpaired) electrons. The van der Waals surface area contributed by atoms with Gasteiger partial charge < -0.3 is 14.4 Å². The van der Waals surface area contributed by atoms with Gasteiger partial charge in [-0.2, -0.15) is 0 Å². The van der Waals surface area contributed by atoms with Gasteiger partial charge in [0.15, 0.2) is 0 Å². The SMILES string of the molecule is COc1cc2c(cn1)CCN(C(=O)OC(C)(C)C)C2C. The molecule has 1 atom stereocenters. The molecular formula is C15H22N2O3. The smallest absolute Gasteiger partial charge is 0.410 e. The number of carbonyl (C=O) groups is 1. The minimum atomic E-state index is -0.479. The first-order valence-corrected chi connectivity index (χ1v) is 6.84. The average molecular weight is 278 g/mol. The second kappa shape index (κ2) is 5.31. The number of methoxy groups -OCH3 is 1. The van der Waals surface area contributed by atoms with Crippen LogP contribution in [0.25, 0.3) is 0 Å². The Morgan fingerprint density at radius 1 is 1.45 bits per heavy atom. The van der Waals surface area contributed by atoms with Gasteiger partial charge in [0.25, 0.3) is 0 Å². The summed E-state index contributed by atoms with van der Waals surface area (Å²) in [6.45, 7) is 8.28. The second-order valence-corrected chi connectivity index (χ2v) is 6.03. The van der Waals surface area contributed by atoms with Crippen LogP contribution >= 0.6 is 0 Å². The molecule has 2 heterocycles. The molecule has 0 fully saturated rings. The highest BCUT2D eigenvalue weighted by Gasteiger charge is 2.31. The fourth-order valence-electron chi connectivity index (χ4n) is 2.36. The van der Waals surface area contributed by atoms with E-state index in [1.54, 1.807) is 12.0 Å². The molecule has 0 aromatic carbocycles. The Hall–Kier alpha value is -1.78. The number of fused-ring (bicyclic) bond motifs is 1. The van der Waals surface area contributed by atoms with Crippen LogP contribution in [0.5, 0.6) is 5.88 Å². The van der Waals surface area contributed by atoms with Crippen molar-refractivity contribution >= 4 is 6.09 Å². The van der Waals surface area contributed by atoms with Crippen LogP contribution in [0.15, 0.2) is 12.3 Å². The summed E-state index contributed by atoms with van der Waals surface area (Å²) < 4.78 is 10.6. The van der Waals surface area contributed by atoms with Crippen LogP contribution in [0.4, 0.5) is 4.79 Å². The fraction of sp³-hybridized carbons (Fsp3) is 0.600. The van der Waals surface area contributed by atoms with Gasteiger partial charge in [-0.1, -0.05) is 0 Å². The zero-order valence-corrected chi connectivity index (χ0v) is 12.8. The van der Waals surface area contributed by atoms with Gasteiger partial charge in [0.2, 0.25) is 5.88 Å². The molecule has 0 saturated heterocycles. The van der Waals surface area contributed by atoms with E-state index in [0.29, 0.717) is 12.4 Å². The van der Waals surface area contributed by atoms with Crippen molar-refractivity contribution < 1.29 is 14.3 Å². The maximum absolute atomic E-state index is 12.2. The van der Waals surface area contributed by atoms with E-state index in [-0.39, 0.29) is 12.1 Å². The fourth-order valence-corrected chi connectivity index (χ4v) is 2.36. The first-order chi connectivity index (χ1) is 9.31. The molecule has 0 saturated carbocycles.